The third-order valence-electron chi connectivity index (χ3n) is 4.39. The molecule has 4 rings (SSSR count). The van der Waals surface area contributed by atoms with Crippen LogP contribution in [0.4, 0.5) is 0 Å². The molecule has 1 fully saturated rings. The molecule has 0 bridgehead atoms. The number of thioether (sulfide) groups is 1. The molecule has 31 heavy (non-hydrogen) atoms. The van der Waals surface area contributed by atoms with E-state index in [1.54, 1.807) is 30.3 Å². The van der Waals surface area contributed by atoms with E-state index in [0.717, 1.165) is 22.9 Å². The van der Waals surface area contributed by atoms with E-state index in [1.165, 1.54) is 0 Å². The molecule has 1 heterocycles. The number of amides is 2. The number of halogens is 1. The van der Waals surface area contributed by atoms with Crippen molar-refractivity contribution in [2.24, 2.45) is 4.99 Å². The van der Waals surface area contributed by atoms with Gasteiger partial charge in [0.15, 0.2) is 5.17 Å². The van der Waals surface area contributed by atoms with Gasteiger partial charge in [-0.05, 0) is 53.7 Å². The second-order valence-electron chi connectivity index (χ2n) is 6.61. The molecule has 3 aromatic carbocycles. The van der Waals surface area contributed by atoms with Crippen molar-refractivity contribution in [2.45, 2.75) is 6.61 Å². The van der Waals surface area contributed by atoms with Crippen LogP contribution in [0.25, 0.3) is 6.08 Å². The molecule has 1 N–H and O–H groups in total. The van der Waals surface area contributed by atoms with Gasteiger partial charge >= 0.3 is 0 Å². The van der Waals surface area contributed by atoms with Gasteiger partial charge in [-0.15, -0.1) is 0 Å². The Morgan fingerprint density at radius 2 is 1.71 bits per heavy atom. The number of hydrogen-bond acceptors (Lipinski definition) is 4. The largest absolute Gasteiger partial charge is 0.488 e. The average molecular weight is 449 g/mol. The lowest BCUT2D eigenvalue weighted by atomic mass is 10.2. The van der Waals surface area contributed by atoms with Crippen LogP contribution in [0.15, 0.2) is 88.8 Å². The summed E-state index contributed by atoms with van der Waals surface area (Å²) in [6.07, 6.45) is 1.73. The van der Waals surface area contributed by atoms with E-state index >= 15 is 0 Å². The van der Waals surface area contributed by atoms with E-state index < -0.39 is 5.91 Å². The van der Waals surface area contributed by atoms with Crippen LogP contribution in [-0.4, -0.2) is 17.0 Å². The van der Waals surface area contributed by atoms with Gasteiger partial charge in [0.05, 0.1) is 4.91 Å². The summed E-state index contributed by atoms with van der Waals surface area (Å²) in [5.41, 5.74) is 2.20. The number of amidine groups is 1. The maximum absolute atomic E-state index is 12.4. The lowest BCUT2D eigenvalue weighted by molar-refractivity contribution is -0.115. The van der Waals surface area contributed by atoms with E-state index in [0.29, 0.717) is 27.8 Å². The first-order valence-corrected chi connectivity index (χ1v) is 10.6. The molecule has 154 valence electrons. The van der Waals surface area contributed by atoms with Gasteiger partial charge < -0.3 is 10.1 Å². The molecule has 0 unspecified atom stereocenters. The molecule has 7 heteroatoms. The van der Waals surface area contributed by atoms with Crippen molar-refractivity contribution < 1.29 is 14.3 Å². The van der Waals surface area contributed by atoms with Gasteiger partial charge in [0.1, 0.15) is 12.4 Å². The highest BCUT2D eigenvalue weighted by atomic mass is 35.5. The number of ether oxygens (including phenoxy) is 1. The van der Waals surface area contributed by atoms with Crippen LogP contribution >= 0.6 is 23.4 Å². The molecule has 3 aromatic rings. The van der Waals surface area contributed by atoms with Crippen molar-refractivity contribution in [1.82, 2.24) is 5.32 Å². The first-order valence-electron chi connectivity index (χ1n) is 9.44. The lowest BCUT2D eigenvalue weighted by Crippen LogP contribution is -2.20. The first-order chi connectivity index (χ1) is 15.1. The number of nitrogens with zero attached hydrogens (tertiary/aromatic N) is 1. The van der Waals surface area contributed by atoms with Gasteiger partial charge in [-0.2, -0.15) is 4.99 Å². The zero-order valence-electron chi connectivity index (χ0n) is 16.2. The monoisotopic (exact) mass is 448 g/mol. The van der Waals surface area contributed by atoms with Crippen molar-refractivity contribution >= 4 is 46.4 Å². The second kappa shape index (κ2) is 9.64. The number of nitrogens with one attached hydrogen (secondary N) is 1. The molecule has 1 aliphatic heterocycles. The molecule has 0 aromatic heterocycles. The van der Waals surface area contributed by atoms with Gasteiger partial charge in [-0.3, -0.25) is 9.59 Å². The molecule has 1 saturated heterocycles. The van der Waals surface area contributed by atoms with Crippen LogP contribution in [0, 0.1) is 0 Å². The summed E-state index contributed by atoms with van der Waals surface area (Å²) in [5.74, 6) is -0.0717. The van der Waals surface area contributed by atoms with E-state index in [9.17, 15) is 9.59 Å². The Labute approximate surface area is 188 Å². The Morgan fingerprint density at radius 3 is 2.48 bits per heavy atom. The molecule has 0 saturated carbocycles. The van der Waals surface area contributed by atoms with Crippen molar-refractivity contribution in [2.75, 3.05) is 0 Å². The number of aliphatic imine (C=N–C) groups is 1. The first kappa shape index (κ1) is 20.9. The molecule has 0 atom stereocenters. The fourth-order valence-electron chi connectivity index (χ4n) is 2.83. The summed E-state index contributed by atoms with van der Waals surface area (Å²) in [6.45, 7) is 0.370. The summed E-state index contributed by atoms with van der Waals surface area (Å²) in [6, 6.07) is 23.6. The Bertz CT molecular complexity index is 1170. The quantitative estimate of drug-likeness (QED) is 0.536. The maximum atomic E-state index is 12.4. The third kappa shape index (κ3) is 5.42. The molecular weight excluding hydrogens is 432 g/mol. The van der Waals surface area contributed by atoms with E-state index in [-0.39, 0.29) is 11.1 Å². The van der Waals surface area contributed by atoms with Crippen LogP contribution in [0.3, 0.4) is 0 Å². The third-order valence-corrected chi connectivity index (χ3v) is 5.55. The fourth-order valence-corrected chi connectivity index (χ4v) is 3.77. The SMILES string of the molecule is O=C1NC(=NC(=O)c2ccccc2)S/C1=C\c1ccccc1OCc1ccc(Cl)cc1. The molecule has 0 spiro atoms. The minimum Gasteiger partial charge on any atom is -0.488 e. The predicted molar refractivity (Wildman–Crippen MR) is 124 cm³/mol. The number of para-hydroxylation sites is 1. The Balaban J connectivity index is 1.49. The topological polar surface area (TPSA) is 67.8 Å². The molecule has 0 aliphatic carbocycles. The predicted octanol–water partition coefficient (Wildman–Crippen LogP) is 5.32. The lowest BCUT2D eigenvalue weighted by Gasteiger charge is -2.09. The van der Waals surface area contributed by atoms with Crippen molar-refractivity contribution in [1.29, 1.82) is 0 Å². The summed E-state index contributed by atoms with van der Waals surface area (Å²) in [7, 11) is 0. The number of benzene rings is 3. The second-order valence-corrected chi connectivity index (χ2v) is 8.07. The maximum Gasteiger partial charge on any atom is 0.279 e. The van der Waals surface area contributed by atoms with Crippen LogP contribution in [0.5, 0.6) is 5.75 Å². The van der Waals surface area contributed by atoms with Gasteiger partial charge in [-0.25, -0.2) is 0 Å². The number of rotatable bonds is 5. The number of hydrogen-bond donors (Lipinski definition) is 1. The minimum atomic E-state index is -0.406. The fraction of sp³-hybridized carbons (Fsp3) is 0.0417. The molecule has 2 amide bonds. The summed E-state index contributed by atoms with van der Waals surface area (Å²) < 4.78 is 5.94. The van der Waals surface area contributed by atoms with Crippen LogP contribution in [0.2, 0.25) is 5.02 Å². The minimum absolute atomic E-state index is 0.254. The standard InChI is InChI=1S/C24H17ClN2O3S/c25-19-12-10-16(11-13-19)15-30-20-9-5-4-8-18(20)14-21-23(29)27-24(31-21)26-22(28)17-6-2-1-3-7-17/h1-14H,15H2,(H,26,27,28,29)/b21-14-. The van der Waals surface area contributed by atoms with Crippen LogP contribution in [-0.2, 0) is 11.4 Å². The van der Waals surface area contributed by atoms with Crippen molar-refractivity contribution in [3.63, 3.8) is 0 Å². The number of carbonyl (C=O) groups excluding carboxylic acids is 2. The van der Waals surface area contributed by atoms with Gasteiger partial charge in [0, 0.05) is 16.1 Å². The number of carbonyl (C=O) groups is 2. The highest BCUT2D eigenvalue weighted by Crippen LogP contribution is 2.30. The summed E-state index contributed by atoms with van der Waals surface area (Å²) in [5, 5.41) is 3.56. The Hall–Kier alpha value is -3.35. The van der Waals surface area contributed by atoms with E-state index in [1.807, 2.05) is 54.6 Å². The summed E-state index contributed by atoms with van der Waals surface area (Å²) in [4.78, 5) is 29.1. The smallest absolute Gasteiger partial charge is 0.279 e. The summed E-state index contributed by atoms with van der Waals surface area (Å²) >= 11 is 7.04. The molecule has 0 radical (unpaired) electrons. The van der Waals surface area contributed by atoms with Gasteiger partial charge in [0.2, 0.25) is 0 Å². The van der Waals surface area contributed by atoms with Crippen molar-refractivity contribution in [3.05, 3.63) is 105 Å². The molecular formula is C24H17ClN2O3S. The molecule has 5 nitrogen and oxygen atoms in total. The highest BCUT2D eigenvalue weighted by Gasteiger charge is 2.25. The molecule has 1 aliphatic rings. The average Bonchev–Trinajstić information content (AvgIpc) is 3.13. The van der Waals surface area contributed by atoms with Gasteiger partial charge in [0.25, 0.3) is 11.8 Å². The van der Waals surface area contributed by atoms with Crippen LogP contribution in [0.1, 0.15) is 21.5 Å². The van der Waals surface area contributed by atoms with E-state index in [2.05, 4.69) is 10.3 Å². The van der Waals surface area contributed by atoms with Crippen LogP contribution < -0.4 is 10.1 Å². The Morgan fingerprint density at radius 1 is 1.00 bits per heavy atom. The Kier molecular flexibility index (Phi) is 6.50. The zero-order valence-corrected chi connectivity index (χ0v) is 17.8. The normalized spacial score (nSPS) is 15.8. The highest BCUT2D eigenvalue weighted by molar-refractivity contribution is 8.18. The van der Waals surface area contributed by atoms with Gasteiger partial charge in [-0.1, -0.05) is 60.1 Å². The van der Waals surface area contributed by atoms with Crippen molar-refractivity contribution in [3.8, 4) is 5.75 Å². The van der Waals surface area contributed by atoms with E-state index in [4.69, 9.17) is 16.3 Å². The zero-order chi connectivity index (χ0) is 21.6.